The SMILES string of the molecule is N#Cc1cccnc1N1CCCN(C(=O)CCc2ccc(S(=O)(=O)N3CCOCC3)cc2)CC1. The number of aryl methyl sites for hydroxylation is 1. The third-order valence-electron chi connectivity index (χ3n) is 6.21. The van der Waals surface area contributed by atoms with Crippen LogP contribution in [0, 0.1) is 11.3 Å². The van der Waals surface area contributed by atoms with Gasteiger partial charge in [-0.15, -0.1) is 0 Å². The zero-order valence-corrected chi connectivity index (χ0v) is 19.9. The van der Waals surface area contributed by atoms with Crippen molar-refractivity contribution in [2.75, 3.05) is 57.4 Å². The topological polar surface area (TPSA) is 107 Å². The van der Waals surface area contributed by atoms with Crippen molar-refractivity contribution in [2.24, 2.45) is 0 Å². The maximum Gasteiger partial charge on any atom is 0.243 e. The van der Waals surface area contributed by atoms with Gasteiger partial charge in [0.2, 0.25) is 15.9 Å². The van der Waals surface area contributed by atoms with Crippen molar-refractivity contribution in [3.8, 4) is 6.07 Å². The van der Waals surface area contributed by atoms with Gasteiger partial charge >= 0.3 is 0 Å². The number of sulfonamides is 1. The molecule has 0 radical (unpaired) electrons. The second-order valence-corrected chi connectivity index (χ2v) is 10.3. The highest BCUT2D eigenvalue weighted by molar-refractivity contribution is 7.89. The molecular weight excluding hydrogens is 454 g/mol. The molecule has 1 aromatic heterocycles. The van der Waals surface area contributed by atoms with Gasteiger partial charge in [0.25, 0.3) is 0 Å². The normalized spacial score (nSPS) is 17.7. The monoisotopic (exact) mass is 483 g/mol. The average molecular weight is 484 g/mol. The Hall–Kier alpha value is -3.00. The number of pyridine rings is 1. The number of carbonyl (C=O) groups is 1. The van der Waals surface area contributed by atoms with E-state index < -0.39 is 10.0 Å². The van der Waals surface area contributed by atoms with E-state index in [1.165, 1.54) is 4.31 Å². The summed E-state index contributed by atoms with van der Waals surface area (Å²) >= 11 is 0. The molecule has 4 rings (SSSR count). The van der Waals surface area contributed by atoms with Crippen LogP contribution >= 0.6 is 0 Å². The molecular formula is C24H29N5O4S. The minimum Gasteiger partial charge on any atom is -0.379 e. The highest BCUT2D eigenvalue weighted by Crippen LogP contribution is 2.20. The lowest BCUT2D eigenvalue weighted by molar-refractivity contribution is -0.130. The van der Waals surface area contributed by atoms with Crippen molar-refractivity contribution in [3.63, 3.8) is 0 Å². The van der Waals surface area contributed by atoms with Gasteiger partial charge in [0, 0.05) is 51.9 Å². The molecule has 2 fully saturated rings. The largest absolute Gasteiger partial charge is 0.379 e. The maximum atomic E-state index is 12.8. The van der Waals surface area contributed by atoms with Gasteiger partial charge in [0.05, 0.1) is 23.7 Å². The second kappa shape index (κ2) is 11.0. The molecule has 0 aliphatic carbocycles. The summed E-state index contributed by atoms with van der Waals surface area (Å²) in [5.74, 6) is 0.750. The van der Waals surface area contributed by atoms with E-state index in [0.29, 0.717) is 70.2 Å². The van der Waals surface area contributed by atoms with Crippen LogP contribution in [0.25, 0.3) is 0 Å². The lowest BCUT2D eigenvalue weighted by atomic mass is 10.1. The molecule has 180 valence electrons. The highest BCUT2D eigenvalue weighted by Gasteiger charge is 2.26. The van der Waals surface area contributed by atoms with Crippen molar-refractivity contribution in [1.82, 2.24) is 14.2 Å². The first-order chi connectivity index (χ1) is 16.5. The summed E-state index contributed by atoms with van der Waals surface area (Å²) in [6, 6.07) is 12.5. The fourth-order valence-corrected chi connectivity index (χ4v) is 5.70. The summed E-state index contributed by atoms with van der Waals surface area (Å²) in [6.07, 6.45) is 3.40. The summed E-state index contributed by atoms with van der Waals surface area (Å²) in [6.45, 7) is 4.18. The van der Waals surface area contributed by atoms with Crippen LogP contribution in [-0.4, -0.2) is 81.0 Å². The first-order valence-electron chi connectivity index (χ1n) is 11.5. The fraction of sp³-hybridized carbons (Fsp3) is 0.458. The van der Waals surface area contributed by atoms with Crippen LogP contribution in [0.3, 0.4) is 0 Å². The summed E-state index contributed by atoms with van der Waals surface area (Å²) in [7, 11) is -3.52. The van der Waals surface area contributed by atoms with Crippen molar-refractivity contribution in [1.29, 1.82) is 5.26 Å². The van der Waals surface area contributed by atoms with Crippen molar-refractivity contribution < 1.29 is 17.9 Å². The van der Waals surface area contributed by atoms with E-state index >= 15 is 0 Å². The predicted molar refractivity (Wildman–Crippen MR) is 127 cm³/mol. The Morgan fingerprint density at radius 1 is 1.03 bits per heavy atom. The summed E-state index contributed by atoms with van der Waals surface area (Å²) in [5, 5.41) is 9.34. The Labute approximate surface area is 200 Å². The minimum atomic E-state index is -3.52. The molecule has 10 heteroatoms. The first kappa shape index (κ1) is 24.1. The van der Waals surface area contributed by atoms with Crippen LogP contribution in [0.15, 0.2) is 47.5 Å². The van der Waals surface area contributed by atoms with Crippen LogP contribution in [0.4, 0.5) is 5.82 Å². The quantitative estimate of drug-likeness (QED) is 0.615. The number of hydrogen-bond donors (Lipinski definition) is 0. The lowest BCUT2D eigenvalue weighted by Crippen LogP contribution is -2.40. The molecule has 1 amide bonds. The van der Waals surface area contributed by atoms with E-state index in [-0.39, 0.29) is 10.8 Å². The molecule has 0 unspecified atom stereocenters. The number of anilines is 1. The molecule has 0 saturated carbocycles. The number of morpholine rings is 1. The predicted octanol–water partition coefficient (Wildman–Crippen LogP) is 1.65. The molecule has 2 aliphatic heterocycles. The Morgan fingerprint density at radius 2 is 1.79 bits per heavy atom. The number of rotatable bonds is 6. The van der Waals surface area contributed by atoms with Gasteiger partial charge in [-0.1, -0.05) is 12.1 Å². The average Bonchev–Trinajstić information content (AvgIpc) is 3.14. The van der Waals surface area contributed by atoms with Crippen LogP contribution in [0.5, 0.6) is 0 Å². The lowest BCUT2D eigenvalue weighted by Gasteiger charge is -2.26. The number of aromatic nitrogens is 1. The van der Waals surface area contributed by atoms with Gasteiger partial charge in [-0.2, -0.15) is 9.57 Å². The van der Waals surface area contributed by atoms with Crippen molar-refractivity contribution >= 4 is 21.7 Å². The Balaban J connectivity index is 1.31. The third-order valence-corrected chi connectivity index (χ3v) is 8.13. The Bertz CT molecular complexity index is 1140. The number of amides is 1. The second-order valence-electron chi connectivity index (χ2n) is 8.37. The number of nitriles is 1. The number of carbonyl (C=O) groups excluding carboxylic acids is 1. The van der Waals surface area contributed by atoms with Crippen molar-refractivity contribution in [2.45, 2.75) is 24.2 Å². The van der Waals surface area contributed by atoms with E-state index in [2.05, 4.69) is 16.0 Å². The molecule has 3 heterocycles. The van der Waals surface area contributed by atoms with Crippen LogP contribution in [-0.2, 0) is 26.0 Å². The van der Waals surface area contributed by atoms with Crippen LogP contribution in [0.1, 0.15) is 24.0 Å². The van der Waals surface area contributed by atoms with Gasteiger partial charge in [-0.3, -0.25) is 4.79 Å². The van der Waals surface area contributed by atoms with Gasteiger partial charge in [-0.05, 0) is 42.7 Å². The molecule has 2 aliphatic rings. The summed E-state index contributed by atoms with van der Waals surface area (Å²) in [5.41, 5.74) is 1.47. The molecule has 2 saturated heterocycles. The number of benzene rings is 1. The molecule has 0 spiro atoms. The zero-order chi connectivity index (χ0) is 24.0. The van der Waals surface area contributed by atoms with Crippen LogP contribution in [0.2, 0.25) is 0 Å². The minimum absolute atomic E-state index is 0.0772. The van der Waals surface area contributed by atoms with E-state index in [9.17, 15) is 18.5 Å². The molecule has 1 aromatic carbocycles. The Morgan fingerprint density at radius 3 is 2.53 bits per heavy atom. The van der Waals surface area contributed by atoms with Gasteiger partial charge < -0.3 is 14.5 Å². The number of ether oxygens (including phenoxy) is 1. The molecule has 9 nitrogen and oxygen atoms in total. The van der Waals surface area contributed by atoms with E-state index in [0.717, 1.165) is 18.5 Å². The summed E-state index contributed by atoms with van der Waals surface area (Å²) < 4.78 is 32.2. The summed E-state index contributed by atoms with van der Waals surface area (Å²) in [4.78, 5) is 21.4. The molecule has 34 heavy (non-hydrogen) atoms. The van der Waals surface area contributed by atoms with Gasteiger partial charge in [-0.25, -0.2) is 13.4 Å². The highest BCUT2D eigenvalue weighted by atomic mass is 32.2. The van der Waals surface area contributed by atoms with Gasteiger partial charge in [0.15, 0.2) is 0 Å². The fourth-order valence-electron chi connectivity index (χ4n) is 4.29. The van der Waals surface area contributed by atoms with Crippen LogP contribution < -0.4 is 4.90 Å². The van der Waals surface area contributed by atoms with E-state index in [1.54, 1.807) is 42.6 Å². The van der Waals surface area contributed by atoms with Gasteiger partial charge in [0.1, 0.15) is 11.9 Å². The zero-order valence-electron chi connectivity index (χ0n) is 19.1. The molecule has 0 bridgehead atoms. The number of nitrogens with zero attached hydrogens (tertiary/aromatic N) is 5. The molecule has 2 aromatic rings. The number of hydrogen-bond acceptors (Lipinski definition) is 7. The first-order valence-corrected chi connectivity index (χ1v) is 13.0. The standard InChI is InChI=1S/C24H29N5O4S/c25-19-21-3-1-10-26-24(21)28-12-2-11-27(13-14-28)23(30)9-6-20-4-7-22(8-5-20)34(31,32)29-15-17-33-18-16-29/h1,3-5,7-8,10H,2,6,9,11-18H2. The third kappa shape index (κ3) is 5.55. The molecule has 0 N–H and O–H groups in total. The Kier molecular flexibility index (Phi) is 7.77. The molecule has 0 atom stereocenters. The van der Waals surface area contributed by atoms with E-state index in [4.69, 9.17) is 4.74 Å². The maximum absolute atomic E-state index is 12.8. The van der Waals surface area contributed by atoms with Crippen molar-refractivity contribution in [3.05, 3.63) is 53.7 Å². The smallest absolute Gasteiger partial charge is 0.243 e. The van der Waals surface area contributed by atoms with E-state index in [1.807, 2.05) is 4.90 Å².